The van der Waals surface area contributed by atoms with Crippen LogP contribution < -0.4 is 10.4 Å². The third kappa shape index (κ3) is 8.12. The van der Waals surface area contributed by atoms with E-state index in [1.54, 1.807) is 27.1 Å². The van der Waals surface area contributed by atoms with Gasteiger partial charge in [0.1, 0.15) is 0 Å². The van der Waals surface area contributed by atoms with Crippen molar-refractivity contribution in [1.82, 2.24) is 4.57 Å². The molecule has 0 bridgehead atoms. The predicted octanol–water partition coefficient (Wildman–Crippen LogP) is 12.9. The zero-order valence-electron chi connectivity index (χ0n) is 32.8. The van der Waals surface area contributed by atoms with Crippen LogP contribution in [0.1, 0.15) is 94.0 Å². The van der Waals surface area contributed by atoms with Crippen molar-refractivity contribution in [2.75, 3.05) is 6.61 Å². The summed E-state index contributed by atoms with van der Waals surface area (Å²) in [7, 11) is 9.90. The molecular weight excluding hydrogens is 761 g/mol. The number of hydrogen-bond acceptors (Lipinski definition) is 1. The number of hydrogen-bond donors (Lipinski definition) is 0. The Hall–Kier alpha value is -1.94. The SMILES string of the molecule is Cc1c(C)c(C)[c-]([Si](C)(CCCCCCOC(C)(C)C)[c-]2c(C(C)C)cc3c(-c4ccc5c(c4)c4ccccc4n5C)cccc32)c1C.[Cl][Zr+2][Cl]. The van der Waals surface area contributed by atoms with E-state index in [9.17, 15) is 0 Å². The van der Waals surface area contributed by atoms with E-state index in [2.05, 4.69) is 147 Å². The summed E-state index contributed by atoms with van der Waals surface area (Å²) >= 11 is -0.826. The number of aryl methyl sites for hydroxylation is 1. The maximum absolute atomic E-state index is 6.04. The third-order valence-electron chi connectivity index (χ3n) is 11.5. The van der Waals surface area contributed by atoms with Crippen LogP contribution in [0.15, 0.2) is 66.7 Å². The fourth-order valence-corrected chi connectivity index (χ4v) is 14.3. The molecule has 0 aliphatic carbocycles. The van der Waals surface area contributed by atoms with Gasteiger partial charge in [-0.15, -0.1) is 33.7 Å². The van der Waals surface area contributed by atoms with Gasteiger partial charge in [0.25, 0.3) is 0 Å². The molecule has 0 saturated heterocycles. The monoisotopic (exact) mass is 815 g/mol. The van der Waals surface area contributed by atoms with Gasteiger partial charge in [0, 0.05) is 43.5 Å². The average molecular weight is 818 g/mol. The minimum absolute atomic E-state index is 0.0559. The first-order chi connectivity index (χ1) is 24.2. The topological polar surface area (TPSA) is 14.2 Å². The Bertz CT molecular complexity index is 2100. The molecule has 0 saturated carbocycles. The Morgan fingerprint density at radius 3 is 2.04 bits per heavy atom. The van der Waals surface area contributed by atoms with E-state index in [1.165, 1.54) is 80.1 Å². The Labute approximate surface area is 327 Å². The molecule has 51 heavy (non-hydrogen) atoms. The first-order valence-electron chi connectivity index (χ1n) is 18.7. The van der Waals surface area contributed by atoms with Crippen LogP contribution in [0.2, 0.25) is 12.6 Å². The van der Waals surface area contributed by atoms with Gasteiger partial charge in [0.15, 0.2) is 0 Å². The van der Waals surface area contributed by atoms with Crippen molar-refractivity contribution in [2.45, 2.75) is 112 Å². The zero-order chi connectivity index (χ0) is 37.2. The number of para-hydroxylation sites is 1. The van der Waals surface area contributed by atoms with Gasteiger partial charge in [-0.3, -0.25) is 0 Å². The molecule has 0 N–H and O–H groups in total. The molecule has 0 radical (unpaired) electrons. The zero-order valence-corrected chi connectivity index (χ0v) is 37.8. The van der Waals surface area contributed by atoms with Crippen LogP contribution in [0.3, 0.4) is 0 Å². The summed E-state index contributed by atoms with van der Waals surface area (Å²) in [5.41, 5.74) is 12.8. The summed E-state index contributed by atoms with van der Waals surface area (Å²) in [6, 6.07) is 26.9. The van der Waals surface area contributed by atoms with Gasteiger partial charge in [-0.05, 0) is 56.9 Å². The van der Waals surface area contributed by atoms with Gasteiger partial charge in [0.2, 0.25) is 0 Å². The quantitative estimate of drug-likeness (QED) is 0.0722. The second-order valence-corrected chi connectivity index (χ2v) is 24.0. The molecule has 2 nitrogen and oxygen atoms in total. The Balaban J connectivity index is 0.00000162. The van der Waals surface area contributed by atoms with Gasteiger partial charge >= 0.3 is 37.9 Å². The van der Waals surface area contributed by atoms with E-state index in [4.69, 9.17) is 21.8 Å². The van der Waals surface area contributed by atoms with Crippen LogP contribution in [-0.4, -0.2) is 24.8 Å². The van der Waals surface area contributed by atoms with Crippen molar-refractivity contribution in [2.24, 2.45) is 7.05 Å². The first-order valence-corrected chi connectivity index (χ1v) is 27.7. The number of benzene rings is 3. The van der Waals surface area contributed by atoms with Crippen molar-refractivity contribution in [3.63, 3.8) is 0 Å². The van der Waals surface area contributed by atoms with Crippen LogP contribution in [0, 0.1) is 27.7 Å². The normalized spacial score (nSPS) is 13.2. The summed E-state index contributed by atoms with van der Waals surface area (Å²) < 4.78 is 8.37. The number of unbranched alkanes of at least 4 members (excludes halogenated alkanes) is 3. The molecule has 0 amide bonds. The van der Waals surface area contributed by atoms with E-state index in [-0.39, 0.29) is 5.60 Å². The first kappa shape index (κ1) is 40.2. The van der Waals surface area contributed by atoms with E-state index < -0.39 is 28.9 Å². The number of fused-ring (bicyclic) bond motifs is 4. The van der Waals surface area contributed by atoms with Crippen LogP contribution in [-0.2, 0) is 32.6 Å². The minimum atomic E-state index is -2.15. The van der Waals surface area contributed by atoms with Crippen molar-refractivity contribution in [1.29, 1.82) is 0 Å². The molecule has 1 atom stereocenters. The van der Waals surface area contributed by atoms with Gasteiger partial charge in [-0.25, -0.2) is 0 Å². The van der Waals surface area contributed by atoms with Crippen molar-refractivity contribution < 1.29 is 25.6 Å². The van der Waals surface area contributed by atoms with Gasteiger partial charge in [-0.2, -0.15) is 33.5 Å². The molecule has 5 aromatic carbocycles. The van der Waals surface area contributed by atoms with Crippen molar-refractivity contribution in [3.8, 4) is 11.1 Å². The molecule has 1 unspecified atom stereocenters. The molecule has 1 heterocycles. The summed E-state index contributed by atoms with van der Waals surface area (Å²) in [4.78, 5) is 0. The molecule has 0 aliphatic heterocycles. The van der Waals surface area contributed by atoms with Crippen LogP contribution in [0.4, 0.5) is 0 Å². The molecule has 0 fully saturated rings. The average Bonchev–Trinajstić information content (AvgIpc) is 3.69. The summed E-state index contributed by atoms with van der Waals surface area (Å²) in [5, 5.41) is 8.95. The Morgan fingerprint density at radius 1 is 0.765 bits per heavy atom. The molecule has 1 aromatic heterocycles. The fourth-order valence-electron chi connectivity index (χ4n) is 8.71. The van der Waals surface area contributed by atoms with E-state index in [0.717, 1.165) is 13.0 Å². The Kier molecular flexibility index (Phi) is 13.1. The molecule has 0 spiro atoms. The standard InChI is InChI=1S/C45H57NOSi.2ClH.Zr/c1-29(2)38-28-39-35(34-23-24-42-40(27-34)36-19-14-15-22-41(36)46(42)10)20-18-21-37(39)44(38)48(11,43-32(5)30(3)31(4)33(43)6)26-17-13-12-16-25-47-45(7,8)9;;;/h14-15,18-24,27-29H,12-13,16-17,25-26H2,1-11H3;2*1H;/q-2;;;+4/p-2. The van der Waals surface area contributed by atoms with Crippen LogP contribution in [0.25, 0.3) is 43.7 Å². The second-order valence-electron chi connectivity index (χ2n) is 16.1. The molecule has 270 valence electrons. The number of rotatable bonds is 11. The number of nitrogens with zero attached hydrogens (tertiary/aromatic N) is 1. The summed E-state index contributed by atoms with van der Waals surface area (Å²) in [6.45, 7) is 24.4. The molecule has 6 heteroatoms. The van der Waals surface area contributed by atoms with E-state index >= 15 is 0 Å². The van der Waals surface area contributed by atoms with Crippen LogP contribution >= 0.6 is 17.0 Å². The molecule has 6 rings (SSSR count). The van der Waals surface area contributed by atoms with Gasteiger partial charge in [0.05, 0.1) is 5.60 Å². The number of halogens is 2. The molecule has 0 aliphatic rings. The van der Waals surface area contributed by atoms with Crippen molar-refractivity contribution >= 4 is 68.1 Å². The fraction of sp³-hybridized carbons (Fsp3) is 0.422. The maximum atomic E-state index is 6.04. The number of ether oxygens (including phenoxy) is 1. The van der Waals surface area contributed by atoms with Gasteiger partial charge < -0.3 is 9.30 Å². The summed E-state index contributed by atoms with van der Waals surface area (Å²) in [6.07, 6.45) is 4.90. The third-order valence-corrected chi connectivity index (χ3v) is 16.3. The van der Waals surface area contributed by atoms with E-state index in [0.29, 0.717) is 5.92 Å². The Morgan fingerprint density at radius 2 is 1.39 bits per heavy atom. The van der Waals surface area contributed by atoms with Crippen LogP contribution in [0.5, 0.6) is 0 Å². The predicted molar refractivity (Wildman–Crippen MR) is 226 cm³/mol. The van der Waals surface area contributed by atoms with Gasteiger partial charge in [-0.1, -0.05) is 109 Å². The molecular formula is C45H57Cl2NOSiZr. The van der Waals surface area contributed by atoms with Crippen molar-refractivity contribution in [3.05, 3.63) is 94.5 Å². The van der Waals surface area contributed by atoms with E-state index in [1.807, 2.05) is 0 Å². The number of aromatic nitrogens is 1. The molecule has 6 aromatic rings. The summed E-state index contributed by atoms with van der Waals surface area (Å²) in [5.74, 6) is 0.458. The second kappa shape index (κ2) is 16.6.